The molecule has 2 rings (SSSR count). The summed E-state index contributed by atoms with van der Waals surface area (Å²) in [5.41, 5.74) is 1.46. The van der Waals surface area contributed by atoms with E-state index in [4.69, 9.17) is 0 Å². The molecule has 0 aliphatic heterocycles. The summed E-state index contributed by atoms with van der Waals surface area (Å²) in [4.78, 5) is 0. The highest BCUT2D eigenvalue weighted by molar-refractivity contribution is 14.1. The molecule has 2 heteroatoms. The number of hydrogen-bond donors (Lipinski definition) is 1. The lowest BCUT2D eigenvalue weighted by Gasteiger charge is -2.03. The molecule has 1 aliphatic rings. The third-order valence-electron chi connectivity index (χ3n) is 2.57. The molecule has 1 aliphatic carbocycles. The third-order valence-corrected chi connectivity index (χ3v) is 3.29. The molecule has 14 heavy (non-hydrogen) atoms. The molecule has 1 aromatic rings. The average Bonchev–Trinajstić information content (AvgIpc) is 2.99. The van der Waals surface area contributed by atoms with Gasteiger partial charge in [0.1, 0.15) is 0 Å². The second-order valence-electron chi connectivity index (χ2n) is 3.96. The molecule has 0 unspecified atom stereocenters. The van der Waals surface area contributed by atoms with Crippen LogP contribution in [-0.2, 0) is 6.42 Å². The van der Waals surface area contributed by atoms with Gasteiger partial charge in [-0.05, 0) is 72.5 Å². The maximum atomic E-state index is 3.54. The zero-order chi connectivity index (χ0) is 9.80. The van der Waals surface area contributed by atoms with Crippen LogP contribution < -0.4 is 5.32 Å². The van der Waals surface area contributed by atoms with Crippen LogP contribution in [0.3, 0.4) is 0 Å². The van der Waals surface area contributed by atoms with E-state index >= 15 is 0 Å². The first-order chi connectivity index (χ1) is 6.84. The van der Waals surface area contributed by atoms with Crippen molar-refractivity contribution in [2.45, 2.75) is 31.7 Å². The van der Waals surface area contributed by atoms with Crippen LogP contribution in [0, 0.1) is 3.57 Å². The van der Waals surface area contributed by atoms with Gasteiger partial charge in [-0.25, -0.2) is 0 Å². The van der Waals surface area contributed by atoms with Crippen molar-refractivity contribution in [1.82, 2.24) is 5.32 Å². The summed E-state index contributed by atoms with van der Waals surface area (Å²) < 4.78 is 1.32. The number of rotatable bonds is 5. The number of nitrogens with one attached hydrogen (secondary N) is 1. The van der Waals surface area contributed by atoms with Crippen molar-refractivity contribution in [2.24, 2.45) is 0 Å². The fraction of sp³-hybridized carbons (Fsp3) is 0.500. The molecular formula is C12H16IN. The molecule has 0 amide bonds. The molecule has 0 saturated heterocycles. The van der Waals surface area contributed by atoms with Crippen molar-refractivity contribution in [2.75, 3.05) is 6.54 Å². The predicted molar refractivity (Wildman–Crippen MR) is 68.5 cm³/mol. The van der Waals surface area contributed by atoms with Crippen LogP contribution in [-0.4, -0.2) is 12.6 Å². The predicted octanol–water partition coefficient (Wildman–Crippen LogP) is 2.98. The first kappa shape index (κ1) is 10.4. The summed E-state index contributed by atoms with van der Waals surface area (Å²) in [5, 5.41) is 3.54. The van der Waals surface area contributed by atoms with Crippen molar-refractivity contribution < 1.29 is 0 Å². The Kier molecular flexibility index (Phi) is 3.81. The van der Waals surface area contributed by atoms with Crippen LogP contribution in [0.5, 0.6) is 0 Å². The minimum absolute atomic E-state index is 0.853. The number of aryl methyl sites for hydroxylation is 1. The van der Waals surface area contributed by atoms with E-state index in [0.29, 0.717) is 0 Å². The molecule has 0 aromatic heterocycles. The second-order valence-corrected chi connectivity index (χ2v) is 5.20. The van der Waals surface area contributed by atoms with E-state index in [1.54, 1.807) is 0 Å². The Bertz CT molecular complexity index is 277. The van der Waals surface area contributed by atoms with E-state index in [2.05, 4.69) is 52.2 Å². The Morgan fingerprint density at radius 1 is 1.21 bits per heavy atom. The van der Waals surface area contributed by atoms with Gasteiger partial charge in [0.05, 0.1) is 0 Å². The van der Waals surface area contributed by atoms with Gasteiger partial charge in [-0.15, -0.1) is 0 Å². The van der Waals surface area contributed by atoms with Gasteiger partial charge in [-0.1, -0.05) is 12.1 Å². The van der Waals surface area contributed by atoms with E-state index in [1.807, 2.05) is 0 Å². The van der Waals surface area contributed by atoms with Crippen LogP contribution in [0.1, 0.15) is 24.8 Å². The summed E-state index contributed by atoms with van der Waals surface area (Å²) in [6.45, 7) is 1.18. The molecule has 1 fully saturated rings. The first-order valence-electron chi connectivity index (χ1n) is 5.32. The highest BCUT2D eigenvalue weighted by Crippen LogP contribution is 2.18. The largest absolute Gasteiger partial charge is 0.314 e. The van der Waals surface area contributed by atoms with Crippen LogP contribution in [0.2, 0.25) is 0 Å². The average molecular weight is 301 g/mol. The number of benzene rings is 1. The highest BCUT2D eigenvalue weighted by Gasteiger charge is 2.19. The minimum Gasteiger partial charge on any atom is -0.314 e. The molecule has 0 spiro atoms. The lowest BCUT2D eigenvalue weighted by molar-refractivity contribution is 0.645. The maximum absolute atomic E-state index is 3.54. The Balaban J connectivity index is 1.66. The van der Waals surface area contributed by atoms with E-state index in [9.17, 15) is 0 Å². The monoisotopic (exact) mass is 301 g/mol. The van der Waals surface area contributed by atoms with Crippen molar-refractivity contribution in [3.8, 4) is 0 Å². The molecule has 0 heterocycles. The Morgan fingerprint density at radius 3 is 2.57 bits per heavy atom. The molecule has 1 aromatic carbocycles. The first-order valence-corrected chi connectivity index (χ1v) is 6.40. The quantitative estimate of drug-likeness (QED) is 0.651. The molecule has 1 N–H and O–H groups in total. The molecule has 0 bridgehead atoms. The van der Waals surface area contributed by atoms with Crippen LogP contribution in [0.15, 0.2) is 24.3 Å². The van der Waals surface area contributed by atoms with Crippen molar-refractivity contribution >= 4 is 22.6 Å². The van der Waals surface area contributed by atoms with Crippen LogP contribution >= 0.6 is 22.6 Å². The lowest BCUT2D eigenvalue weighted by atomic mass is 10.1. The third kappa shape index (κ3) is 3.58. The fourth-order valence-corrected chi connectivity index (χ4v) is 1.90. The maximum Gasteiger partial charge on any atom is 0.0130 e. The van der Waals surface area contributed by atoms with Crippen molar-refractivity contribution in [3.05, 3.63) is 33.4 Å². The van der Waals surface area contributed by atoms with Gasteiger partial charge in [-0.2, -0.15) is 0 Å². The molecule has 1 saturated carbocycles. The Morgan fingerprint density at radius 2 is 1.93 bits per heavy atom. The van der Waals surface area contributed by atoms with Gasteiger partial charge >= 0.3 is 0 Å². The van der Waals surface area contributed by atoms with E-state index in [1.165, 1.54) is 41.4 Å². The van der Waals surface area contributed by atoms with Gasteiger partial charge in [0, 0.05) is 9.61 Å². The fourth-order valence-electron chi connectivity index (χ4n) is 1.54. The summed E-state index contributed by atoms with van der Waals surface area (Å²) in [7, 11) is 0. The van der Waals surface area contributed by atoms with Crippen LogP contribution in [0.4, 0.5) is 0 Å². The van der Waals surface area contributed by atoms with E-state index in [-0.39, 0.29) is 0 Å². The normalized spacial score (nSPS) is 15.8. The minimum atomic E-state index is 0.853. The summed E-state index contributed by atoms with van der Waals surface area (Å²) in [5.74, 6) is 0. The molecule has 0 radical (unpaired) electrons. The molecule has 1 nitrogen and oxygen atoms in total. The smallest absolute Gasteiger partial charge is 0.0130 e. The summed E-state index contributed by atoms with van der Waals surface area (Å²) in [6, 6.07) is 9.69. The Labute approximate surface area is 99.4 Å². The van der Waals surface area contributed by atoms with Crippen molar-refractivity contribution in [3.63, 3.8) is 0 Å². The van der Waals surface area contributed by atoms with Gasteiger partial charge < -0.3 is 5.32 Å². The standard InChI is InChI=1S/C12H16IN/c13-11-5-3-10(4-6-11)2-1-9-14-12-7-8-12/h3-6,12,14H,1-2,7-9H2. The van der Waals surface area contributed by atoms with Gasteiger partial charge in [0.15, 0.2) is 0 Å². The lowest BCUT2D eigenvalue weighted by Crippen LogP contribution is -2.17. The zero-order valence-electron chi connectivity index (χ0n) is 8.30. The van der Waals surface area contributed by atoms with Gasteiger partial charge in [0.2, 0.25) is 0 Å². The molecule has 76 valence electrons. The topological polar surface area (TPSA) is 12.0 Å². The number of halogens is 1. The summed E-state index contributed by atoms with van der Waals surface area (Å²) >= 11 is 2.35. The van der Waals surface area contributed by atoms with Crippen molar-refractivity contribution in [1.29, 1.82) is 0 Å². The SMILES string of the molecule is Ic1ccc(CCCNC2CC2)cc1. The van der Waals surface area contributed by atoms with E-state index in [0.717, 1.165) is 6.04 Å². The summed E-state index contributed by atoms with van der Waals surface area (Å²) in [6.07, 6.45) is 5.25. The van der Waals surface area contributed by atoms with Crippen LogP contribution in [0.25, 0.3) is 0 Å². The van der Waals surface area contributed by atoms with Gasteiger partial charge in [-0.3, -0.25) is 0 Å². The molecule has 0 atom stereocenters. The zero-order valence-corrected chi connectivity index (χ0v) is 10.5. The molecular weight excluding hydrogens is 285 g/mol. The number of hydrogen-bond acceptors (Lipinski definition) is 1. The highest BCUT2D eigenvalue weighted by atomic mass is 127. The second kappa shape index (κ2) is 5.12. The Hall–Kier alpha value is -0.0900. The van der Waals surface area contributed by atoms with E-state index < -0.39 is 0 Å². The van der Waals surface area contributed by atoms with Gasteiger partial charge in [0.25, 0.3) is 0 Å².